The molecule has 116 valence electrons. The predicted molar refractivity (Wildman–Crippen MR) is 86.9 cm³/mol. The molecule has 2 fully saturated rings. The third kappa shape index (κ3) is 3.15. The SMILES string of the molecule is CCN(CC)c1nc(N)c(C(=O)N(CC2CC2)C2CC2)s1. The Morgan fingerprint density at radius 2 is 1.95 bits per heavy atom. The molecule has 1 aromatic heterocycles. The molecule has 2 aliphatic rings. The molecule has 0 aliphatic heterocycles. The topological polar surface area (TPSA) is 62.5 Å². The Morgan fingerprint density at radius 3 is 2.48 bits per heavy atom. The van der Waals surface area contributed by atoms with Gasteiger partial charge in [-0.15, -0.1) is 0 Å². The van der Waals surface area contributed by atoms with Gasteiger partial charge < -0.3 is 15.5 Å². The molecule has 2 aliphatic carbocycles. The first-order valence-corrected chi connectivity index (χ1v) is 8.77. The Hall–Kier alpha value is -1.30. The van der Waals surface area contributed by atoms with Crippen LogP contribution in [0.2, 0.25) is 0 Å². The second-order valence-electron chi connectivity index (χ2n) is 6.02. The monoisotopic (exact) mass is 308 g/mol. The normalized spacial score (nSPS) is 17.8. The summed E-state index contributed by atoms with van der Waals surface area (Å²) in [5, 5.41) is 0.864. The van der Waals surface area contributed by atoms with Gasteiger partial charge in [-0.2, -0.15) is 0 Å². The van der Waals surface area contributed by atoms with Crippen LogP contribution in [0.25, 0.3) is 0 Å². The summed E-state index contributed by atoms with van der Waals surface area (Å²) in [4.78, 5) is 22.0. The highest BCUT2D eigenvalue weighted by molar-refractivity contribution is 7.18. The van der Waals surface area contributed by atoms with Crippen LogP contribution in [-0.4, -0.2) is 41.5 Å². The Morgan fingerprint density at radius 1 is 1.29 bits per heavy atom. The van der Waals surface area contributed by atoms with Crippen molar-refractivity contribution in [1.82, 2.24) is 9.88 Å². The number of amides is 1. The summed E-state index contributed by atoms with van der Waals surface area (Å²) in [6, 6.07) is 0.441. The third-order valence-electron chi connectivity index (χ3n) is 4.27. The zero-order valence-corrected chi connectivity index (χ0v) is 13.7. The molecule has 0 saturated heterocycles. The van der Waals surface area contributed by atoms with Gasteiger partial charge in [-0.1, -0.05) is 11.3 Å². The van der Waals surface area contributed by atoms with Gasteiger partial charge in [0.25, 0.3) is 5.91 Å². The fraction of sp³-hybridized carbons (Fsp3) is 0.733. The van der Waals surface area contributed by atoms with Crippen LogP contribution in [0.1, 0.15) is 49.2 Å². The van der Waals surface area contributed by atoms with Crippen molar-refractivity contribution in [2.45, 2.75) is 45.6 Å². The van der Waals surface area contributed by atoms with Crippen molar-refractivity contribution in [1.29, 1.82) is 0 Å². The lowest BCUT2D eigenvalue weighted by Gasteiger charge is -2.21. The van der Waals surface area contributed by atoms with E-state index in [4.69, 9.17) is 5.73 Å². The fourth-order valence-electron chi connectivity index (χ4n) is 2.60. The molecule has 1 amide bonds. The van der Waals surface area contributed by atoms with Crippen molar-refractivity contribution in [2.24, 2.45) is 5.92 Å². The quantitative estimate of drug-likeness (QED) is 0.841. The van der Waals surface area contributed by atoms with Crippen LogP contribution in [0.3, 0.4) is 0 Å². The molecule has 5 nitrogen and oxygen atoms in total. The van der Waals surface area contributed by atoms with Crippen LogP contribution in [0.15, 0.2) is 0 Å². The van der Waals surface area contributed by atoms with Crippen LogP contribution < -0.4 is 10.6 Å². The smallest absolute Gasteiger partial charge is 0.268 e. The minimum absolute atomic E-state index is 0.0952. The largest absolute Gasteiger partial charge is 0.382 e. The van der Waals surface area contributed by atoms with Crippen molar-refractivity contribution < 1.29 is 4.79 Å². The maximum absolute atomic E-state index is 12.8. The van der Waals surface area contributed by atoms with Crippen LogP contribution in [0.5, 0.6) is 0 Å². The van der Waals surface area contributed by atoms with E-state index in [1.807, 2.05) is 4.90 Å². The number of carbonyl (C=O) groups excluding carboxylic acids is 1. The van der Waals surface area contributed by atoms with Gasteiger partial charge in [0.15, 0.2) is 5.13 Å². The lowest BCUT2D eigenvalue weighted by Crippen LogP contribution is -2.34. The van der Waals surface area contributed by atoms with Crippen molar-refractivity contribution >= 4 is 28.2 Å². The Balaban J connectivity index is 1.79. The van der Waals surface area contributed by atoms with Gasteiger partial charge in [0.05, 0.1) is 0 Å². The number of aromatic nitrogens is 1. The second kappa shape index (κ2) is 5.83. The van der Waals surface area contributed by atoms with E-state index in [2.05, 4.69) is 23.7 Å². The first-order chi connectivity index (χ1) is 10.1. The molecule has 0 aromatic carbocycles. The van der Waals surface area contributed by atoms with Crippen molar-refractivity contribution in [2.75, 3.05) is 30.3 Å². The summed E-state index contributed by atoms with van der Waals surface area (Å²) in [7, 11) is 0. The first-order valence-electron chi connectivity index (χ1n) is 7.96. The van der Waals surface area contributed by atoms with Gasteiger partial charge in [0.2, 0.25) is 0 Å². The first kappa shape index (κ1) is 14.6. The summed E-state index contributed by atoms with van der Waals surface area (Å²) in [6.07, 6.45) is 4.80. The molecule has 0 bridgehead atoms. The third-order valence-corrected chi connectivity index (χ3v) is 5.39. The van der Waals surface area contributed by atoms with E-state index in [0.717, 1.165) is 37.6 Å². The summed E-state index contributed by atoms with van der Waals surface area (Å²) in [6.45, 7) is 6.84. The zero-order valence-electron chi connectivity index (χ0n) is 12.8. The number of rotatable bonds is 7. The number of nitrogen functional groups attached to an aromatic ring is 1. The molecule has 2 N–H and O–H groups in total. The minimum Gasteiger partial charge on any atom is -0.382 e. The highest BCUT2D eigenvalue weighted by atomic mass is 32.1. The van der Waals surface area contributed by atoms with Crippen molar-refractivity contribution in [3.8, 4) is 0 Å². The van der Waals surface area contributed by atoms with E-state index < -0.39 is 0 Å². The summed E-state index contributed by atoms with van der Waals surface area (Å²) in [5.74, 6) is 1.21. The van der Waals surface area contributed by atoms with Gasteiger partial charge in [-0.3, -0.25) is 4.79 Å². The van der Waals surface area contributed by atoms with E-state index in [9.17, 15) is 4.79 Å². The molecule has 3 rings (SSSR count). The molecular formula is C15H24N4OS. The van der Waals surface area contributed by atoms with E-state index in [1.54, 1.807) is 0 Å². The molecule has 0 spiro atoms. The number of hydrogen-bond acceptors (Lipinski definition) is 5. The van der Waals surface area contributed by atoms with E-state index in [1.165, 1.54) is 24.2 Å². The number of nitrogens with zero attached hydrogens (tertiary/aromatic N) is 3. The Kier molecular flexibility index (Phi) is 4.06. The molecule has 0 radical (unpaired) electrons. The van der Waals surface area contributed by atoms with E-state index in [0.29, 0.717) is 22.7 Å². The van der Waals surface area contributed by atoms with Gasteiger partial charge in [0.1, 0.15) is 10.7 Å². The van der Waals surface area contributed by atoms with Gasteiger partial charge in [0, 0.05) is 25.7 Å². The molecule has 1 aromatic rings. The van der Waals surface area contributed by atoms with E-state index >= 15 is 0 Å². The van der Waals surface area contributed by atoms with Gasteiger partial charge in [-0.05, 0) is 45.4 Å². The maximum atomic E-state index is 12.8. The molecule has 1 heterocycles. The van der Waals surface area contributed by atoms with Gasteiger partial charge in [-0.25, -0.2) is 4.98 Å². The summed E-state index contributed by atoms with van der Waals surface area (Å²) in [5.41, 5.74) is 6.02. The number of thiazole rings is 1. The Bertz CT molecular complexity index is 518. The summed E-state index contributed by atoms with van der Waals surface area (Å²) >= 11 is 1.44. The fourth-order valence-corrected chi connectivity index (χ4v) is 3.66. The Labute approximate surface area is 130 Å². The molecule has 0 unspecified atom stereocenters. The highest BCUT2D eigenvalue weighted by Crippen LogP contribution is 2.37. The lowest BCUT2D eigenvalue weighted by atomic mass is 10.3. The molecule has 21 heavy (non-hydrogen) atoms. The number of nitrogens with two attached hydrogens (primary N) is 1. The molecule has 6 heteroatoms. The predicted octanol–water partition coefficient (Wildman–Crippen LogP) is 2.59. The zero-order chi connectivity index (χ0) is 15.0. The molecule has 0 atom stereocenters. The molecular weight excluding hydrogens is 284 g/mol. The number of carbonyl (C=O) groups is 1. The minimum atomic E-state index is 0.0952. The highest BCUT2D eigenvalue weighted by Gasteiger charge is 2.38. The number of hydrogen-bond donors (Lipinski definition) is 1. The van der Waals surface area contributed by atoms with Crippen molar-refractivity contribution in [3.05, 3.63) is 4.88 Å². The van der Waals surface area contributed by atoms with Crippen LogP contribution >= 0.6 is 11.3 Å². The second-order valence-corrected chi connectivity index (χ2v) is 6.99. The lowest BCUT2D eigenvalue weighted by molar-refractivity contribution is 0.0740. The summed E-state index contributed by atoms with van der Waals surface area (Å²) < 4.78 is 0. The molecule has 2 saturated carbocycles. The van der Waals surface area contributed by atoms with Crippen molar-refractivity contribution in [3.63, 3.8) is 0 Å². The van der Waals surface area contributed by atoms with Gasteiger partial charge >= 0.3 is 0 Å². The average Bonchev–Trinajstić information content (AvgIpc) is 3.36. The average molecular weight is 308 g/mol. The van der Waals surface area contributed by atoms with Crippen LogP contribution in [-0.2, 0) is 0 Å². The van der Waals surface area contributed by atoms with Crippen LogP contribution in [0.4, 0.5) is 10.9 Å². The van der Waals surface area contributed by atoms with E-state index in [-0.39, 0.29) is 5.91 Å². The van der Waals surface area contributed by atoms with Crippen LogP contribution in [0, 0.1) is 5.92 Å². The maximum Gasteiger partial charge on any atom is 0.268 e. The standard InChI is InChI=1S/C15H24N4OS/c1-3-18(4-2)15-17-13(16)12(21-15)14(20)19(11-7-8-11)9-10-5-6-10/h10-11H,3-9,16H2,1-2H3. The number of anilines is 2.